The van der Waals surface area contributed by atoms with Gasteiger partial charge in [-0.3, -0.25) is 0 Å². The highest BCUT2D eigenvalue weighted by Crippen LogP contribution is 2.35. The van der Waals surface area contributed by atoms with Crippen molar-refractivity contribution in [2.24, 2.45) is 0 Å². The van der Waals surface area contributed by atoms with Crippen molar-refractivity contribution in [1.29, 1.82) is 0 Å². The van der Waals surface area contributed by atoms with Crippen molar-refractivity contribution in [3.05, 3.63) is 174 Å². The van der Waals surface area contributed by atoms with Crippen molar-refractivity contribution >= 4 is 11.8 Å². The lowest BCUT2D eigenvalue weighted by molar-refractivity contribution is -0.335. The topological polar surface area (TPSA) is 125 Å². The zero-order valence-corrected chi connectivity index (χ0v) is 32.4. The molecule has 0 aromatic heterocycles. The Bertz CT molecular complexity index is 1860. The molecule has 0 amide bonds. The molecule has 0 aliphatic carbocycles. The lowest BCUT2D eigenvalue weighted by atomic mass is 9.97. The first-order valence-electron chi connectivity index (χ1n) is 19.3. The van der Waals surface area contributed by atoms with Crippen molar-refractivity contribution in [2.45, 2.75) is 91.9 Å². The van der Waals surface area contributed by atoms with Crippen LogP contribution in [0.2, 0.25) is 0 Å². The summed E-state index contributed by atoms with van der Waals surface area (Å²) in [5.41, 5.74) is 3.03. The standard InChI is InChI=1S/C46H50O10S/c47-39-37(56-46(41(49)40(39)48)57-36-24-14-5-15-25-36)31-54-45-44(53-29-35-22-12-4-13-23-35)43(52-28-34-20-10-3-11-21-34)42(51-27-33-18-8-2-9-19-33)38(55-45)30-50-26-32-16-6-1-7-17-32/h1-25,37-49H,26-31H2/t37-,38-,39-,40+,41-,42+,43+,44-,45+,46+/m1/s1. The maximum absolute atomic E-state index is 11.1. The van der Waals surface area contributed by atoms with Crippen LogP contribution >= 0.6 is 11.8 Å². The molecule has 0 unspecified atom stereocenters. The third kappa shape index (κ3) is 11.6. The van der Waals surface area contributed by atoms with Crippen molar-refractivity contribution in [3.63, 3.8) is 0 Å². The molecule has 3 N–H and O–H groups in total. The Morgan fingerprint density at radius 1 is 0.421 bits per heavy atom. The van der Waals surface area contributed by atoms with Crippen LogP contribution in [0.3, 0.4) is 0 Å². The van der Waals surface area contributed by atoms with Crippen LogP contribution < -0.4 is 0 Å². The minimum absolute atomic E-state index is 0.147. The fraction of sp³-hybridized carbons (Fsp3) is 0.348. The number of benzene rings is 5. The molecular formula is C46H50O10S. The predicted molar refractivity (Wildman–Crippen MR) is 215 cm³/mol. The van der Waals surface area contributed by atoms with Crippen LogP contribution in [0.4, 0.5) is 0 Å². The maximum Gasteiger partial charge on any atom is 0.187 e. The Hall–Kier alpha value is -3.95. The van der Waals surface area contributed by atoms with E-state index in [-0.39, 0.29) is 33.0 Å². The Balaban J connectivity index is 1.17. The molecule has 10 nitrogen and oxygen atoms in total. The van der Waals surface area contributed by atoms with Crippen LogP contribution in [0.5, 0.6) is 0 Å². The van der Waals surface area contributed by atoms with Crippen molar-refractivity contribution < 1.29 is 48.5 Å². The number of aliphatic hydroxyl groups excluding tert-OH is 3. The van der Waals surface area contributed by atoms with Crippen molar-refractivity contribution in [3.8, 4) is 0 Å². The molecule has 0 radical (unpaired) electrons. The van der Waals surface area contributed by atoms with Crippen LogP contribution in [0.1, 0.15) is 22.3 Å². The molecule has 0 bridgehead atoms. The van der Waals surface area contributed by atoms with E-state index in [4.69, 9.17) is 33.2 Å². The quantitative estimate of drug-likeness (QED) is 0.0926. The summed E-state index contributed by atoms with van der Waals surface area (Å²) in [4.78, 5) is 0.841. The van der Waals surface area contributed by atoms with Gasteiger partial charge >= 0.3 is 0 Å². The second-order valence-corrected chi connectivity index (χ2v) is 15.3. The molecule has 11 heteroatoms. The monoisotopic (exact) mass is 794 g/mol. The Labute approximate surface area is 338 Å². The number of hydrogen-bond acceptors (Lipinski definition) is 11. The van der Waals surface area contributed by atoms with Gasteiger partial charge in [0.15, 0.2) is 6.29 Å². The summed E-state index contributed by atoms with van der Waals surface area (Å²) in [7, 11) is 0. The normalized spacial score (nSPS) is 27.6. The van der Waals surface area contributed by atoms with E-state index in [1.165, 1.54) is 11.8 Å². The summed E-state index contributed by atoms with van der Waals surface area (Å²) in [6, 6.07) is 48.9. The van der Waals surface area contributed by atoms with Gasteiger partial charge in [-0.1, -0.05) is 151 Å². The second kappa shape index (κ2) is 21.2. The third-order valence-corrected chi connectivity index (χ3v) is 11.1. The maximum atomic E-state index is 11.1. The average molecular weight is 795 g/mol. The van der Waals surface area contributed by atoms with Crippen molar-refractivity contribution in [1.82, 2.24) is 0 Å². The molecule has 2 fully saturated rings. The first-order valence-corrected chi connectivity index (χ1v) is 20.2. The van der Waals surface area contributed by atoms with Gasteiger partial charge in [-0.2, -0.15) is 0 Å². The number of hydrogen-bond donors (Lipinski definition) is 3. The highest BCUT2D eigenvalue weighted by Gasteiger charge is 2.50. The van der Waals surface area contributed by atoms with E-state index in [0.717, 1.165) is 27.1 Å². The fourth-order valence-corrected chi connectivity index (χ4v) is 7.94. The molecule has 10 atom stereocenters. The van der Waals surface area contributed by atoms with E-state index in [1.807, 2.05) is 152 Å². The SMILES string of the molecule is O[C@@H]1[C@@H](O)[C@H](Sc2ccccc2)O[C@H](CO[C@H]2O[C@H](COCc3ccccc3)[C@H](OCc3ccccc3)[C@H](OCc3ccccc3)[C@H]2OCc2ccccc2)[C@H]1O. The molecule has 57 heavy (non-hydrogen) atoms. The zero-order chi connectivity index (χ0) is 39.2. The van der Waals surface area contributed by atoms with Gasteiger partial charge in [0.2, 0.25) is 0 Å². The lowest BCUT2D eigenvalue weighted by Gasteiger charge is -2.46. The number of aliphatic hydroxyl groups is 3. The van der Waals surface area contributed by atoms with Gasteiger partial charge in [-0.25, -0.2) is 0 Å². The Morgan fingerprint density at radius 3 is 1.40 bits per heavy atom. The van der Waals surface area contributed by atoms with Gasteiger partial charge in [0.25, 0.3) is 0 Å². The lowest BCUT2D eigenvalue weighted by Crippen LogP contribution is -2.63. The van der Waals surface area contributed by atoms with Crippen LogP contribution in [0.25, 0.3) is 0 Å². The summed E-state index contributed by atoms with van der Waals surface area (Å²) in [5.74, 6) is 0. The largest absolute Gasteiger partial charge is 0.387 e. The smallest absolute Gasteiger partial charge is 0.187 e. The molecule has 2 heterocycles. The average Bonchev–Trinajstić information content (AvgIpc) is 3.26. The van der Waals surface area contributed by atoms with E-state index < -0.39 is 60.6 Å². The summed E-state index contributed by atoms with van der Waals surface area (Å²) in [5, 5.41) is 33.0. The summed E-state index contributed by atoms with van der Waals surface area (Å²) >= 11 is 1.26. The van der Waals surface area contributed by atoms with Crippen LogP contribution in [0.15, 0.2) is 157 Å². The first-order chi connectivity index (χ1) is 28.0. The third-order valence-electron chi connectivity index (χ3n) is 9.93. The van der Waals surface area contributed by atoms with E-state index in [0.29, 0.717) is 6.61 Å². The van der Waals surface area contributed by atoms with Crippen LogP contribution in [-0.4, -0.2) is 89.1 Å². The minimum atomic E-state index is -1.47. The van der Waals surface area contributed by atoms with E-state index >= 15 is 0 Å². The molecule has 300 valence electrons. The summed E-state index contributed by atoms with van der Waals surface area (Å²) in [6.07, 6.45) is -9.17. The van der Waals surface area contributed by atoms with Gasteiger partial charge in [0.1, 0.15) is 54.3 Å². The van der Waals surface area contributed by atoms with E-state index in [9.17, 15) is 15.3 Å². The fourth-order valence-electron chi connectivity index (χ4n) is 6.86. The molecule has 5 aromatic carbocycles. The van der Waals surface area contributed by atoms with Gasteiger partial charge < -0.3 is 48.5 Å². The van der Waals surface area contributed by atoms with Gasteiger partial charge in [-0.05, 0) is 34.4 Å². The number of rotatable bonds is 18. The second-order valence-electron chi connectivity index (χ2n) is 14.1. The summed E-state index contributed by atoms with van der Waals surface area (Å²) in [6.45, 7) is 1.08. The molecule has 5 aromatic rings. The first kappa shape index (κ1) is 41.2. The highest BCUT2D eigenvalue weighted by atomic mass is 32.2. The predicted octanol–water partition coefficient (Wildman–Crippen LogP) is 6.30. The number of ether oxygens (including phenoxy) is 7. The van der Waals surface area contributed by atoms with E-state index in [2.05, 4.69) is 0 Å². The molecular weight excluding hydrogens is 745 g/mol. The van der Waals surface area contributed by atoms with Crippen LogP contribution in [-0.2, 0) is 59.6 Å². The molecule has 2 saturated heterocycles. The molecule has 0 spiro atoms. The molecule has 2 aliphatic heterocycles. The van der Waals surface area contributed by atoms with Gasteiger partial charge in [0, 0.05) is 4.90 Å². The Morgan fingerprint density at radius 2 is 0.877 bits per heavy atom. The van der Waals surface area contributed by atoms with Gasteiger partial charge in [0.05, 0.1) is 39.6 Å². The molecule has 7 rings (SSSR count). The number of thioether (sulfide) groups is 1. The molecule has 2 aliphatic rings. The zero-order valence-electron chi connectivity index (χ0n) is 31.6. The van der Waals surface area contributed by atoms with Gasteiger partial charge in [-0.15, -0.1) is 0 Å². The van der Waals surface area contributed by atoms with Crippen LogP contribution in [0, 0.1) is 0 Å². The van der Waals surface area contributed by atoms with Crippen molar-refractivity contribution in [2.75, 3.05) is 13.2 Å². The minimum Gasteiger partial charge on any atom is -0.387 e. The Kier molecular flexibility index (Phi) is 15.3. The highest BCUT2D eigenvalue weighted by molar-refractivity contribution is 7.99. The molecule has 0 saturated carbocycles. The van der Waals surface area contributed by atoms with E-state index in [1.54, 1.807) is 0 Å². The summed E-state index contributed by atoms with van der Waals surface area (Å²) < 4.78 is 46.1.